The second-order valence-corrected chi connectivity index (χ2v) is 2.87. The van der Waals surface area contributed by atoms with Crippen LogP contribution in [0.1, 0.15) is 12.0 Å². The maximum atomic E-state index is 11.0. The molecular formula is C11H14NO2. The van der Waals surface area contributed by atoms with Gasteiger partial charge in [-0.15, -0.1) is 0 Å². The summed E-state index contributed by atoms with van der Waals surface area (Å²) in [5.74, 6) is -0.306. The highest BCUT2D eigenvalue weighted by Gasteiger charge is 2.02. The number of esters is 1. The van der Waals surface area contributed by atoms with Crippen molar-refractivity contribution in [3.63, 3.8) is 0 Å². The minimum atomic E-state index is -0.306. The van der Waals surface area contributed by atoms with Crippen LogP contribution < -0.4 is 5.73 Å². The summed E-state index contributed by atoms with van der Waals surface area (Å²) >= 11 is 0. The molecule has 2 N–H and O–H groups in total. The lowest BCUT2D eigenvalue weighted by molar-refractivity contribution is -0.140. The van der Waals surface area contributed by atoms with Crippen LogP contribution in [-0.4, -0.2) is 12.5 Å². The van der Waals surface area contributed by atoms with Gasteiger partial charge in [0.05, 0.1) is 6.42 Å². The Labute approximate surface area is 83.9 Å². The highest BCUT2D eigenvalue weighted by molar-refractivity contribution is 5.78. The van der Waals surface area contributed by atoms with Gasteiger partial charge in [-0.2, -0.15) is 0 Å². The first-order valence-electron chi connectivity index (χ1n) is 4.57. The highest BCUT2D eigenvalue weighted by Crippen LogP contribution is 2.01. The first kappa shape index (κ1) is 10.7. The van der Waals surface area contributed by atoms with E-state index in [9.17, 15) is 4.79 Å². The molecule has 75 valence electrons. The van der Waals surface area contributed by atoms with Gasteiger partial charge in [0.15, 0.2) is 0 Å². The number of rotatable bonds is 5. The predicted octanol–water partition coefficient (Wildman–Crippen LogP) is 1.28. The fourth-order valence-electron chi connectivity index (χ4n) is 0.989. The molecule has 0 aliphatic rings. The molecule has 1 rings (SSSR count). The quantitative estimate of drug-likeness (QED) is 0.715. The van der Waals surface area contributed by atoms with Gasteiger partial charge in [0, 0.05) is 0 Å². The lowest BCUT2D eigenvalue weighted by Crippen LogP contribution is -2.08. The Morgan fingerprint density at radius 1 is 1.36 bits per heavy atom. The summed E-state index contributed by atoms with van der Waals surface area (Å²) in [5, 5.41) is 0. The first-order valence-corrected chi connectivity index (χ1v) is 4.57. The molecule has 1 aromatic carbocycles. The van der Waals surface area contributed by atoms with E-state index >= 15 is 0 Å². The summed E-state index contributed by atoms with van der Waals surface area (Å²) in [6.07, 6.45) is 2.02. The molecule has 0 atom stereocenters. The largest absolute Gasteiger partial charge is 0.461 e. The molecule has 1 aromatic rings. The Morgan fingerprint density at radius 2 is 2.07 bits per heavy atom. The smallest absolute Gasteiger partial charge is 0.310 e. The van der Waals surface area contributed by atoms with Gasteiger partial charge < -0.3 is 10.5 Å². The Hall–Kier alpha value is -1.35. The van der Waals surface area contributed by atoms with Crippen LogP contribution in [0.15, 0.2) is 30.3 Å². The highest BCUT2D eigenvalue weighted by atomic mass is 16.5. The minimum absolute atomic E-state index is 0.306. The van der Waals surface area contributed by atoms with Crippen molar-refractivity contribution in [3.05, 3.63) is 42.3 Å². The summed E-state index contributed by atoms with van der Waals surface area (Å²) in [6, 6.07) is 9.57. The maximum absolute atomic E-state index is 11.0. The minimum Gasteiger partial charge on any atom is -0.461 e. The van der Waals surface area contributed by atoms with E-state index in [1.165, 1.54) is 6.42 Å². The molecule has 0 heterocycles. The Bertz CT molecular complexity index is 272. The molecule has 0 spiro atoms. The molecule has 3 heteroatoms. The van der Waals surface area contributed by atoms with Gasteiger partial charge >= 0.3 is 5.97 Å². The normalized spacial score (nSPS) is 9.79. The maximum Gasteiger partial charge on any atom is 0.310 e. The molecule has 0 aromatic heterocycles. The van der Waals surface area contributed by atoms with Gasteiger partial charge in [-0.25, -0.2) is 0 Å². The zero-order valence-electron chi connectivity index (χ0n) is 7.98. The van der Waals surface area contributed by atoms with E-state index < -0.39 is 0 Å². The molecule has 0 amide bonds. The van der Waals surface area contributed by atoms with E-state index in [1.54, 1.807) is 0 Å². The third-order valence-corrected chi connectivity index (χ3v) is 1.70. The molecular weight excluding hydrogens is 178 g/mol. The van der Waals surface area contributed by atoms with Crippen molar-refractivity contribution in [2.24, 2.45) is 5.73 Å². The molecule has 1 radical (unpaired) electrons. The van der Waals surface area contributed by atoms with E-state index in [1.807, 2.05) is 30.3 Å². The van der Waals surface area contributed by atoms with Crippen LogP contribution in [0.4, 0.5) is 0 Å². The van der Waals surface area contributed by atoms with Crippen molar-refractivity contribution in [2.75, 3.05) is 6.54 Å². The van der Waals surface area contributed by atoms with E-state index in [4.69, 9.17) is 10.5 Å². The molecule has 0 saturated carbocycles. The Balaban J connectivity index is 2.24. The monoisotopic (exact) mass is 192 g/mol. The summed E-state index contributed by atoms with van der Waals surface area (Å²) in [6.45, 7) is 0.793. The molecule has 14 heavy (non-hydrogen) atoms. The zero-order chi connectivity index (χ0) is 10.2. The van der Waals surface area contributed by atoms with Gasteiger partial charge in [-0.05, 0) is 18.5 Å². The lowest BCUT2D eigenvalue weighted by Gasteiger charge is -2.03. The number of hydrogen-bond donors (Lipinski definition) is 1. The van der Waals surface area contributed by atoms with Gasteiger partial charge in [0.2, 0.25) is 0 Å². The fraction of sp³-hybridized carbons (Fsp3) is 0.273. The molecule has 0 saturated heterocycles. The Morgan fingerprint density at radius 3 is 2.71 bits per heavy atom. The second-order valence-electron chi connectivity index (χ2n) is 2.87. The van der Waals surface area contributed by atoms with E-state index in [-0.39, 0.29) is 5.97 Å². The topological polar surface area (TPSA) is 52.3 Å². The first-order chi connectivity index (χ1) is 6.83. The van der Waals surface area contributed by atoms with Crippen LogP contribution in [-0.2, 0) is 16.1 Å². The number of hydrogen-bond acceptors (Lipinski definition) is 3. The van der Waals surface area contributed by atoms with Crippen LogP contribution in [0.2, 0.25) is 0 Å². The molecule has 3 nitrogen and oxygen atoms in total. The number of nitrogens with two attached hydrogens (primary N) is 1. The van der Waals surface area contributed by atoms with Gasteiger partial charge in [0.25, 0.3) is 0 Å². The van der Waals surface area contributed by atoms with Crippen LogP contribution in [0, 0.1) is 6.42 Å². The van der Waals surface area contributed by atoms with Crippen molar-refractivity contribution in [1.29, 1.82) is 0 Å². The number of ether oxygens (including phenoxy) is 1. The van der Waals surface area contributed by atoms with Crippen LogP contribution in [0.3, 0.4) is 0 Å². The van der Waals surface area contributed by atoms with Crippen LogP contribution in [0.25, 0.3) is 0 Å². The third kappa shape index (κ3) is 4.05. The molecule has 0 fully saturated rings. The Kier molecular flexibility index (Phi) is 4.72. The van der Waals surface area contributed by atoms with Crippen molar-refractivity contribution >= 4 is 5.97 Å². The third-order valence-electron chi connectivity index (χ3n) is 1.70. The molecule has 0 unspecified atom stereocenters. The zero-order valence-corrected chi connectivity index (χ0v) is 7.98. The van der Waals surface area contributed by atoms with Crippen molar-refractivity contribution in [1.82, 2.24) is 0 Å². The fourth-order valence-corrected chi connectivity index (χ4v) is 0.989. The summed E-state index contributed by atoms with van der Waals surface area (Å²) in [7, 11) is 0. The second kappa shape index (κ2) is 6.16. The van der Waals surface area contributed by atoms with Crippen molar-refractivity contribution in [3.8, 4) is 0 Å². The molecule has 0 aliphatic heterocycles. The standard InChI is InChI=1S/C11H14NO2/c12-8-4-7-11(13)14-9-10-5-2-1-3-6-10/h1-3,5-7H,4,8-9,12H2. The van der Waals surface area contributed by atoms with E-state index in [0.717, 1.165) is 5.56 Å². The SMILES string of the molecule is NCC[CH]C(=O)OCc1ccccc1. The predicted molar refractivity (Wildman–Crippen MR) is 54.2 cm³/mol. The van der Waals surface area contributed by atoms with E-state index in [0.29, 0.717) is 19.6 Å². The average molecular weight is 192 g/mol. The lowest BCUT2D eigenvalue weighted by atomic mass is 10.2. The van der Waals surface area contributed by atoms with Gasteiger partial charge in [-0.1, -0.05) is 30.3 Å². The van der Waals surface area contributed by atoms with Crippen LogP contribution >= 0.6 is 0 Å². The average Bonchev–Trinajstić information content (AvgIpc) is 2.25. The van der Waals surface area contributed by atoms with Gasteiger partial charge in [-0.3, -0.25) is 4.79 Å². The summed E-state index contributed by atoms with van der Waals surface area (Å²) in [4.78, 5) is 11.0. The summed E-state index contributed by atoms with van der Waals surface area (Å²) in [5.41, 5.74) is 6.23. The molecule has 0 bridgehead atoms. The van der Waals surface area contributed by atoms with Gasteiger partial charge in [0.1, 0.15) is 6.61 Å². The number of carbonyl (C=O) groups excluding carboxylic acids is 1. The summed E-state index contributed by atoms with van der Waals surface area (Å²) < 4.78 is 4.98. The number of benzene rings is 1. The number of carbonyl (C=O) groups is 1. The van der Waals surface area contributed by atoms with Crippen LogP contribution in [0.5, 0.6) is 0 Å². The van der Waals surface area contributed by atoms with Crippen molar-refractivity contribution < 1.29 is 9.53 Å². The van der Waals surface area contributed by atoms with Crippen molar-refractivity contribution in [2.45, 2.75) is 13.0 Å². The van der Waals surface area contributed by atoms with E-state index in [2.05, 4.69) is 0 Å². The molecule has 0 aliphatic carbocycles.